The zero-order valence-electron chi connectivity index (χ0n) is 11.0. The first-order valence-corrected chi connectivity index (χ1v) is 6.85. The quantitative estimate of drug-likeness (QED) is 0.857. The average molecular weight is 302 g/mol. The molecule has 1 atom stereocenters. The van der Waals surface area contributed by atoms with Crippen LogP contribution in [0.4, 0.5) is 4.39 Å². The van der Waals surface area contributed by atoms with Gasteiger partial charge in [0.05, 0.1) is 4.47 Å². The van der Waals surface area contributed by atoms with Crippen molar-refractivity contribution in [2.45, 2.75) is 45.6 Å². The second-order valence-corrected chi connectivity index (χ2v) is 6.00. The van der Waals surface area contributed by atoms with Crippen molar-refractivity contribution in [3.63, 3.8) is 0 Å². The van der Waals surface area contributed by atoms with Gasteiger partial charge in [0.1, 0.15) is 5.82 Å². The maximum Gasteiger partial charge on any atom is 0.141 e. The smallest absolute Gasteiger partial charge is 0.141 e. The number of nitrogens with one attached hydrogen (secondary N) is 1. The second kappa shape index (κ2) is 5.96. The highest BCUT2D eigenvalue weighted by Gasteiger charge is 2.26. The van der Waals surface area contributed by atoms with Crippen LogP contribution in [0.2, 0.25) is 0 Å². The Balaban J connectivity index is 2.92. The molecule has 3 heteroatoms. The maximum absolute atomic E-state index is 14.1. The van der Waals surface area contributed by atoms with Gasteiger partial charge in [-0.05, 0) is 52.9 Å². The predicted molar refractivity (Wildman–Crippen MR) is 74.9 cm³/mol. The molecule has 1 aromatic rings. The fraction of sp³-hybridized carbons (Fsp3) is 0.571. The minimum atomic E-state index is -0.171. The Morgan fingerprint density at radius 2 is 2.06 bits per heavy atom. The van der Waals surface area contributed by atoms with Gasteiger partial charge in [-0.15, -0.1) is 0 Å². The highest BCUT2D eigenvalue weighted by atomic mass is 79.9. The standard InChI is InChI=1S/C14H21BrFN/c1-5-17-10(2)9-14(3,4)11-7-6-8-12(15)13(11)16/h6-8,10,17H,5,9H2,1-4H3. The molecular formula is C14H21BrFN. The molecule has 0 radical (unpaired) electrons. The fourth-order valence-electron chi connectivity index (χ4n) is 2.32. The molecule has 0 aromatic heterocycles. The van der Waals surface area contributed by atoms with E-state index in [-0.39, 0.29) is 11.2 Å². The van der Waals surface area contributed by atoms with Crippen molar-refractivity contribution in [1.29, 1.82) is 0 Å². The van der Waals surface area contributed by atoms with Crippen LogP contribution in [0.25, 0.3) is 0 Å². The predicted octanol–water partition coefficient (Wildman–Crippen LogP) is 4.25. The molecular weight excluding hydrogens is 281 g/mol. The number of halogens is 2. The van der Waals surface area contributed by atoms with Gasteiger partial charge in [0.25, 0.3) is 0 Å². The highest BCUT2D eigenvalue weighted by molar-refractivity contribution is 9.10. The lowest BCUT2D eigenvalue weighted by Gasteiger charge is -2.29. The molecule has 0 aliphatic rings. The monoisotopic (exact) mass is 301 g/mol. The summed E-state index contributed by atoms with van der Waals surface area (Å²) >= 11 is 3.24. The molecule has 0 aliphatic heterocycles. The van der Waals surface area contributed by atoms with Crippen molar-refractivity contribution < 1.29 is 4.39 Å². The molecule has 0 saturated carbocycles. The van der Waals surface area contributed by atoms with Gasteiger partial charge < -0.3 is 5.32 Å². The first-order chi connectivity index (χ1) is 7.88. The molecule has 1 N–H and O–H groups in total. The van der Waals surface area contributed by atoms with E-state index in [9.17, 15) is 4.39 Å². The third-order valence-corrected chi connectivity index (χ3v) is 3.66. The van der Waals surface area contributed by atoms with Gasteiger partial charge in [0.15, 0.2) is 0 Å². The summed E-state index contributed by atoms with van der Waals surface area (Å²) in [7, 11) is 0. The van der Waals surface area contributed by atoms with Crippen LogP contribution in [-0.4, -0.2) is 12.6 Å². The molecule has 0 amide bonds. The molecule has 1 unspecified atom stereocenters. The summed E-state index contributed by atoms with van der Waals surface area (Å²) in [5, 5.41) is 3.37. The van der Waals surface area contributed by atoms with Crippen molar-refractivity contribution in [2.24, 2.45) is 0 Å². The Hall–Kier alpha value is -0.410. The zero-order valence-corrected chi connectivity index (χ0v) is 12.6. The number of hydrogen-bond donors (Lipinski definition) is 1. The van der Waals surface area contributed by atoms with Crippen molar-refractivity contribution in [2.75, 3.05) is 6.54 Å². The molecule has 0 saturated heterocycles. The Bertz CT molecular complexity index is 376. The molecule has 1 nitrogen and oxygen atoms in total. The van der Waals surface area contributed by atoms with Gasteiger partial charge in [-0.2, -0.15) is 0 Å². The summed E-state index contributed by atoms with van der Waals surface area (Å²) in [5.41, 5.74) is 0.603. The first kappa shape index (κ1) is 14.7. The number of rotatable bonds is 5. The zero-order chi connectivity index (χ0) is 13.1. The topological polar surface area (TPSA) is 12.0 Å². The largest absolute Gasteiger partial charge is 0.315 e. The third-order valence-electron chi connectivity index (χ3n) is 3.05. The van der Waals surface area contributed by atoms with Gasteiger partial charge in [0, 0.05) is 6.04 Å². The summed E-state index contributed by atoms with van der Waals surface area (Å²) in [6, 6.07) is 5.89. The minimum absolute atomic E-state index is 0.138. The van der Waals surface area contributed by atoms with Crippen LogP contribution in [-0.2, 0) is 5.41 Å². The Morgan fingerprint density at radius 1 is 1.41 bits per heavy atom. The van der Waals surface area contributed by atoms with E-state index >= 15 is 0 Å². The van der Waals surface area contributed by atoms with Gasteiger partial charge in [0.2, 0.25) is 0 Å². The van der Waals surface area contributed by atoms with Crippen LogP contribution in [0.5, 0.6) is 0 Å². The lowest BCUT2D eigenvalue weighted by molar-refractivity contribution is 0.381. The number of hydrogen-bond acceptors (Lipinski definition) is 1. The van der Waals surface area contributed by atoms with Crippen molar-refractivity contribution in [3.05, 3.63) is 34.1 Å². The van der Waals surface area contributed by atoms with Crippen LogP contribution in [0.1, 0.15) is 39.7 Å². The molecule has 0 fully saturated rings. The summed E-state index contributed by atoms with van der Waals surface area (Å²) in [6.07, 6.45) is 0.911. The maximum atomic E-state index is 14.1. The van der Waals surface area contributed by atoms with E-state index in [1.165, 1.54) is 0 Å². The molecule has 1 rings (SSSR count). The van der Waals surface area contributed by atoms with E-state index in [2.05, 4.69) is 48.9 Å². The van der Waals surface area contributed by atoms with E-state index in [4.69, 9.17) is 0 Å². The molecule has 1 aromatic carbocycles. The van der Waals surface area contributed by atoms with Crippen molar-refractivity contribution in [3.8, 4) is 0 Å². The normalized spacial score (nSPS) is 13.8. The fourth-order valence-corrected chi connectivity index (χ4v) is 2.69. The second-order valence-electron chi connectivity index (χ2n) is 5.15. The van der Waals surface area contributed by atoms with E-state index in [0.717, 1.165) is 18.5 Å². The minimum Gasteiger partial charge on any atom is -0.315 e. The molecule has 0 bridgehead atoms. The first-order valence-electron chi connectivity index (χ1n) is 6.06. The average Bonchev–Trinajstić information content (AvgIpc) is 2.21. The summed E-state index contributed by atoms with van der Waals surface area (Å²) in [6.45, 7) is 9.35. The van der Waals surface area contributed by atoms with Gasteiger partial charge in [-0.25, -0.2) is 4.39 Å². The Morgan fingerprint density at radius 3 is 2.65 bits per heavy atom. The van der Waals surface area contributed by atoms with E-state index in [0.29, 0.717) is 10.5 Å². The molecule has 96 valence electrons. The highest BCUT2D eigenvalue weighted by Crippen LogP contribution is 2.33. The summed E-state index contributed by atoms with van der Waals surface area (Å²) in [4.78, 5) is 0. The molecule has 0 heterocycles. The summed E-state index contributed by atoms with van der Waals surface area (Å²) in [5.74, 6) is -0.138. The molecule has 0 aliphatic carbocycles. The third kappa shape index (κ3) is 3.78. The van der Waals surface area contributed by atoms with Crippen LogP contribution in [0, 0.1) is 5.82 Å². The lowest BCUT2D eigenvalue weighted by atomic mass is 9.79. The van der Waals surface area contributed by atoms with Crippen LogP contribution >= 0.6 is 15.9 Å². The van der Waals surface area contributed by atoms with Crippen LogP contribution < -0.4 is 5.32 Å². The van der Waals surface area contributed by atoms with Crippen molar-refractivity contribution >= 4 is 15.9 Å². The van der Waals surface area contributed by atoms with Crippen molar-refractivity contribution in [1.82, 2.24) is 5.32 Å². The Labute approximate surface area is 112 Å². The van der Waals surface area contributed by atoms with Crippen LogP contribution in [0.3, 0.4) is 0 Å². The van der Waals surface area contributed by atoms with Gasteiger partial charge in [-0.1, -0.05) is 32.9 Å². The lowest BCUT2D eigenvalue weighted by Crippen LogP contribution is -2.33. The van der Waals surface area contributed by atoms with Crippen LogP contribution in [0.15, 0.2) is 22.7 Å². The summed E-state index contributed by atoms with van der Waals surface area (Å²) < 4.78 is 14.6. The van der Waals surface area contributed by atoms with E-state index in [1.807, 2.05) is 12.1 Å². The SMILES string of the molecule is CCNC(C)CC(C)(C)c1cccc(Br)c1F. The molecule has 0 spiro atoms. The van der Waals surface area contributed by atoms with E-state index in [1.54, 1.807) is 6.07 Å². The number of benzene rings is 1. The molecule has 17 heavy (non-hydrogen) atoms. The van der Waals surface area contributed by atoms with E-state index < -0.39 is 0 Å². The van der Waals surface area contributed by atoms with Gasteiger partial charge >= 0.3 is 0 Å². The Kier molecular flexibility index (Phi) is 5.14. The van der Waals surface area contributed by atoms with Gasteiger partial charge in [-0.3, -0.25) is 0 Å².